The van der Waals surface area contributed by atoms with Crippen molar-refractivity contribution in [1.29, 1.82) is 0 Å². The van der Waals surface area contributed by atoms with Gasteiger partial charge in [-0.25, -0.2) is 0 Å². The third-order valence-electron chi connectivity index (χ3n) is 4.74. The highest BCUT2D eigenvalue weighted by Gasteiger charge is 2.35. The fourth-order valence-electron chi connectivity index (χ4n) is 3.33. The fraction of sp³-hybridized carbons (Fsp3) is 0.647. The minimum atomic E-state index is -0.0202. The molecule has 0 bridgehead atoms. The molecular formula is C17H29N3O. The summed E-state index contributed by atoms with van der Waals surface area (Å²) in [5.74, 6) is 6.78. The highest BCUT2D eigenvalue weighted by atomic mass is 16.5. The van der Waals surface area contributed by atoms with Crippen LogP contribution in [0.2, 0.25) is 0 Å². The van der Waals surface area contributed by atoms with E-state index in [1.165, 1.54) is 31.2 Å². The average Bonchev–Trinajstić information content (AvgIpc) is 2.78. The Hall–Kier alpha value is -1.10. The van der Waals surface area contributed by atoms with Crippen LogP contribution in [0.15, 0.2) is 24.3 Å². The van der Waals surface area contributed by atoms with Gasteiger partial charge < -0.3 is 4.74 Å². The van der Waals surface area contributed by atoms with Gasteiger partial charge in [0.15, 0.2) is 0 Å². The first-order chi connectivity index (χ1) is 10.1. The lowest BCUT2D eigenvalue weighted by Gasteiger charge is -2.44. The van der Waals surface area contributed by atoms with Gasteiger partial charge in [0.2, 0.25) is 0 Å². The number of nitrogens with two attached hydrogens (primary N) is 1. The number of nitrogens with one attached hydrogen (secondary N) is 1. The van der Waals surface area contributed by atoms with Crippen molar-refractivity contribution in [3.05, 3.63) is 29.8 Å². The molecule has 0 spiro atoms. The van der Waals surface area contributed by atoms with E-state index in [4.69, 9.17) is 10.6 Å². The molecule has 0 radical (unpaired) electrons. The van der Waals surface area contributed by atoms with E-state index in [0.717, 1.165) is 18.8 Å². The van der Waals surface area contributed by atoms with E-state index < -0.39 is 0 Å². The third kappa shape index (κ3) is 3.76. The zero-order valence-corrected chi connectivity index (χ0v) is 13.6. The molecule has 1 aliphatic heterocycles. The first-order valence-corrected chi connectivity index (χ1v) is 7.94. The fourth-order valence-corrected chi connectivity index (χ4v) is 3.33. The van der Waals surface area contributed by atoms with Gasteiger partial charge in [-0.2, -0.15) is 0 Å². The molecule has 1 aliphatic rings. The summed E-state index contributed by atoms with van der Waals surface area (Å²) in [5.41, 5.74) is 4.21. The molecule has 1 fully saturated rings. The largest absolute Gasteiger partial charge is 0.497 e. The van der Waals surface area contributed by atoms with Gasteiger partial charge in [0.1, 0.15) is 5.75 Å². The second-order valence-corrected chi connectivity index (χ2v) is 6.43. The van der Waals surface area contributed by atoms with E-state index in [1.807, 2.05) is 12.1 Å². The summed E-state index contributed by atoms with van der Waals surface area (Å²) in [6.45, 7) is 6.88. The Balaban J connectivity index is 2.20. The van der Waals surface area contributed by atoms with Crippen LogP contribution >= 0.6 is 0 Å². The van der Waals surface area contributed by atoms with Crippen molar-refractivity contribution in [2.24, 2.45) is 5.84 Å². The normalized spacial score (nSPS) is 19.0. The van der Waals surface area contributed by atoms with Crippen LogP contribution in [-0.4, -0.2) is 30.6 Å². The van der Waals surface area contributed by atoms with Gasteiger partial charge in [0.05, 0.1) is 13.2 Å². The predicted octanol–water partition coefficient (Wildman–Crippen LogP) is 2.85. The summed E-state index contributed by atoms with van der Waals surface area (Å²) in [6, 6.07) is 8.30. The lowest BCUT2D eigenvalue weighted by molar-refractivity contribution is 0.0834. The maximum atomic E-state index is 5.90. The van der Waals surface area contributed by atoms with Crippen molar-refractivity contribution < 1.29 is 4.74 Å². The van der Waals surface area contributed by atoms with E-state index in [0.29, 0.717) is 0 Å². The Morgan fingerprint density at radius 1 is 1.10 bits per heavy atom. The maximum absolute atomic E-state index is 5.90. The Kier molecular flexibility index (Phi) is 5.62. The van der Waals surface area contributed by atoms with Crippen molar-refractivity contribution in [3.8, 4) is 5.75 Å². The standard InChI is InChI=1S/C17H29N3O/c1-17(2,20-12-6-4-5-7-13-20)16(19-18)14-8-10-15(21-3)11-9-14/h8-11,16,19H,4-7,12-13,18H2,1-3H3. The van der Waals surface area contributed by atoms with E-state index in [2.05, 4.69) is 36.3 Å². The smallest absolute Gasteiger partial charge is 0.118 e. The molecule has 0 aliphatic carbocycles. The summed E-state index contributed by atoms with van der Waals surface area (Å²) < 4.78 is 5.24. The second kappa shape index (κ2) is 7.25. The van der Waals surface area contributed by atoms with E-state index in [9.17, 15) is 0 Å². The summed E-state index contributed by atoms with van der Waals surface area (Å²) in [5, 5.41) is 0. The van der Waals surface area contributed by atoms with Crippen LogP contribution in [0.25, 0.3) is 0 Å². The number of rotatable bonds is 5. The molecule has 0 aromatic heterocycles. The first-order valence-electron chi connectivity index (χ1n) is 7.94. The number of benzene rings is 1. The van der Waals surface area contributed by atoms with Crippen LogP contribution in [0.1, 0.15) is 51.1 Å². The van der Waals surface area contributed by atoms with Gasteiger partial charge >= 0.3 is 0 Å². The van der Waals surface area contributed by atoms with E-state index in [1.54, 1.807) is 7.11 Å². The average molecular weight is 291 g/mol. The van der Waals surface area contributed by atoms with Crippen molar-refractivity contribution >= 4 is 0 Å². The molecule has 1 heterocycles. The maximum Gasteiger partial charge on any atom is 0.118 e. The zero-order valence-electron chi connectivity index (χ0n) is 13.6. The molecule has 1 saturated heterocycles. The van der Waals surface area contributed by atoms with Crippen molar-refractivity contribution in [3.63, 3.8) is 0 Å². The molecule has 4 heteroatoms. The molecule has 4 nitrogen and oxygen atoms in total. The minimum Gasteiger partial charge on any atom is -0.497 e. The van der Waals surface area contributed by atoms with Crippen molar-refractivity contribution in [2.45, 2.75) is 51.1 Å². The van der Waals surface area contributed by atoms with Gasteiger partial charge in [-0.1, -0.05) is 25.0 Å². The number of nitrogens with zero attached hydrogens (tertiary/aromatic N) is 1. The second-order valence-electron chi connectivity index (χ2n) is 6.43. The minimum absolute atomic E-state index is 0.0202. The SMILES string of the molecule is COc1ccc(C(NN)C(C)(C)N2CCCCCC2)cc1. The number of methoxy groups -OCH3 is 1. The third-order valence-corrected chi connectivity index (χ3v) is 4.74. The predicted molar refractivity (Wildman–Crippen MR) is 87.2 cm³/mol. The van der Waals surface area contributed by atoms with Crippen LogP contribution in [0.3, 0.4) is 0 Å². The summed E-state index contributed by atoms with van der Waals surface area (Å²) in [4.78, 5) is 2.58. The molecule has 1 unspecified atom stereocenters. The van der Waals surface area contributed by atoms with Gasteiger partial charge in [-0.15, -0.1) is 0 Å². The highest BCUT2D eigenvalue weighted by molar-refractivity contribution is 5.30. The number of likely N-dealkylation sites (tertiary alicyclic amines) is 1. The molecule has 1 aromatic rings. The van der Waals surface area contributed by atoms with Gasteiger partial charge in [0.25, 0.3) is 0 Å². The molecule has 1 atom stereocenters. The van der Waals surface area contributed by atoms with Crippen LogP contribution in [0.4, 0.5) is 0 Å². The number of hydrogen-bond donors (Lipinski definition) is 2. The molecular weight excluding hydrogens is 262 g/mol. The first kappa shape index (κ1) is 16.3. The Labute approximate surface area is 128 Å². The summed E-state index contributed by atoms with van der Waals surface area (Å²) >= 11 is 0. The molecule has 0 saturated carbocycles. The van der Waals surface area contributed by atoms with Crippen LogP contribution in [-0.2, 0) is 0 Å². The van der Waals surface area contributed by atoms with Gasteiger partial charge in [0, 0.05) is 5.54 Å². The Morgan fingerprint density at radius 3 is 2.14 bits per heavy atom. The number of ether oxygens (including phenoxy) is 1. The quantitative estimate of drug-likeness (QED) is 0.647. The monoisotopic (exact) mass is 291 g/mol. The summed E-state index contributed by atoms with van der Waals surface area (Å²) in [6.07, 6.45) is 5.25. The molecule has 1 aromatic carbocycles. The van der Waals surface area contributed by atoms with Crippen LogP contribution < -0.4 is 16.0 Å². The number of hydrogen-bond acceptors (Lipinski definition) is 4. The topological polar surface area (TPSA) is 50.5 Å². The molecule has 118 valence electrons. The van der Waals surface area contributed by atoms with Gasteiger partial charge in [-0.3, -0.25) is 16.2 Å². The lowest BCUT2D eigenvalue weighted by atomic mass is 9.87. The van der Waals surface area contributed by atoms with Crippen molar-refractivity contribution in [1.82, 2.24) is 10.3 Å². The van der Waals surface area contributed by atoms with Crippen LogP contribution in [0.5, 0.6) is 5.75 Å². The molecule has 2 rings (SSSR count). The zero-order chi connectivity index (χ0) is 15.3. The Morgan fingerprint density at radius 2 is 1.67 bits per heavy atom. The Bertz CT molecular complexity index is 422. The molecule has 0 amide bonds. The van der Waals surface area contributed by atoms with Crippen molar-refractivity contribution in [2.75, 3.05) is 20.2 Å². The van der Waals surface area contributed by atoms with Gasteiger partial charge in [-0.05, 0) is 57.5 Å². The lowest BCUT2D eigenvalue weighted by Crippen LogP contribution is -2.54. The molecule has 21 heavy (non-hydrogen) atoms. The number of hydrazine groups is 1. The van der Waals surface area contributed by atoms with Crippen LogP contribution in [0, 0.1) is 0 Å². The van der Waals surface area contributed by atoms with E-state index in [-0.39, 0.29) is 11.6 Å². The highest BCUT2D eigenvalue weighted by Crippen LogP contribution is 2.33. The molecule has 3 N–H and O–H groups in total. The van der Waals surface area contributed by atoms with E-state index >= 15 is 0 Å². The summed E-state index contributed by atoms with van der Waals surface area (Å²) in [7, 11) is 1.69.